The summed E-state index contributed by atoms with van der Waals surface area (Å²) < 4.78 is 0. The Bertz CT molecular complexity index is 435. The van der Waals surface area contributed by atoms with Gasteiger partial charge in [0.05, 0.1) is 0 Å². The summed E-state index contributed by atoms with van der Waals surface area (Å²) in [5.74, 6) is 1.93. The van der Waals surface area contributed by atoms with Crippen molar-refractivity contribution in [2.24, 2.45) is 17.3 Å². The van der Waals surface area contributed by atoms with Crippen LogP contribution in [-0.2, 0) is 6.42 Å². The Morgan fingerprint density at radius 2 is 2.00 bits per heavy atom. The van der Waals surface area contributed by atoms with E-state index >= 15 is 0 Å². The van der Waals surface area contributed by atoms with Crippen LogP contribution in [0.15, 0.2) is 29.2 Å². The first-order chi connectivity index (χ1) is 8.78. The van der Waals surface area contributed by atoms with Gasteiger partial charge in [-0.25, -0.2) is 0 Å². The molecule has 1 aromatic rings. The zero-order chi connectivity index (χ0) is 12.2. The van der Waals surface area contributed by atoms with E-state index in [1.54, 1.807) is 0 Å². The molecule has 3 atom stereocenters. The van der Waals surface area contributed by atoms with Gasteiger partial charge in [-0.3, -0.25) is 0 Å². The van der Waals surface area contributed by atoms with E-state index in [0.29, 0.717) is 11.9 Å². The quantitative estimate of drug-likeness (QED) is 0.897. The van der Waals surface area contributed by atoms with Gasteiger partial charge in [-0.2, -0.15) is 0 Å². The van der Waals surface area contributed by atoms with Crippen molar-refractivity contribution in [3.05, 3.63) is 29.8 Å². The Balaban J connectivity index is 1.47. The van der Waals surface area contributed by atoms with Gasteiger partial charge >= 0.3 is 0 Å². The van der Waals surface area contributed by atoms with Crippen LogP contribution in [-0.4, -0.2) is 17.0 Å². The monoisotopic (exact) mass is 260 g/mol. The van der Waals surface area contributed by atoms with Gasteiger partial charge in [-0.1, -0.05) is 18.2 Å². The summed E-state index contributed by atoms with van der Waals surface area (Å²) in [5, 5.41) is 10.5. The molecule has 0 amide bonds. The first-order valence-corrected chi connectivity index (χ1v) is 8.01. The van der Waals surface area contributed by atoms with Crippen molar-refractivity contribution in [2.45, 2.75) is 42.2 Å². The lowest BCUT2D eigenvalue weighted by Gasteiger charge is -2.31. The second-order valence-corrected chi connectivity index (χ2v) is 7.92. The summed E-state index contributed by atoms with van der Waals surface area (Å²) in [7, 11) is 0. The Kier molecular flexibility index (Phi) is 2.53. The highest BCUT2D eigenvalue weighted by Crippen LogP contribution is 2.62. The average Bonchev–Trinajstić information content (AvgIpc) is 2.85. The highest BCUT2D eigenvalue weighted by molar-refractivity contribution is 8.00. The minimum atomic E-state index is 0.271. The average molecular weight is 260 g/mol. The van der Waals surface area contributed by atoms with Crippen LogP contribution in [0.5, 0.6) is 0 Å². The van der Waals surface area contributed by atoms with Crippen molar-refractivity contribution in [1.82, 2.24) is 0 Å². The largest absolute Gasteiger partial charge is 0.396 e. The van der Waals surface area contributed by atoms with Gasteiger partial charge in [0, 0.05) is 16.8 Å². The summed E-state index contributed by atoms with van der Waals surface area (Å²) in [6.45, 7) is 0.410. The second kappa shape index (κ2) is 4.01. The lowest BCUT2D eigenvalue weighted by Crippen LogP contribution is -2.28. The molecule has 2 heteroatoms. The summed E-state index contributed by atoms with van der Waals surface area (Å²) in [6, 6.07) is 8.80. The lowest BCUT2D eigenvalue weighted by atomic mass is 9.79. The first-order valence-electron chi connectivity index (χ1n) is 7.13. The number of aliphatic hydroxyl groups excluding tert-OH is 1. The molecule has 2 aliphatic carbocycles. The van der Waals surface area contributed by atoms with Gasteiger partial charge in [0.1, 0.15) is 0 Å². The molecule has 0 spiro atoms. The number of rotatable bonds is 3. The number of thioether (sulfide) groups is 1. The zero-order valence-corrected chi connectivity index (χ0v) is 11.5. The van der Waals surface area contributed by atoms with Crippen LogP contribution in [0.25, 0.3) is 0 Å². The molecule has 3 aliphatic rings. The van der Waals surface area contributed by atoms with E-state index in [-0.39, 0.29) is 5.41 Å². The van der Waals surface area contributed by atoms with Crippen LogP contribution < -0.4 is 0 Å². The SMILES string of the molecule is OCC1(CC2Cc3ccccc3S2)CC2CC2C1. The maximum absolute atomic E-state index is 9.82. The molecule has 1 aromatic carbocycles. The lowest BCUT2D eigenvalue weighted by molar-refractivity contribution is 0.107. The highest BCUT2D eigenvalue weighted by Gasteiger charge is 2.54. The maximum Gasteiger partial charge on any atom is 0.0488 e. The molecule has 3 unspecified atom stereocenters. The fourth-order valence-corrected chi connectivity index (χ4v) is 5.74. The maximum atomic E-state index is 9.82. The molecule has 1 heterocycles. The van der Waals surface area contributed by atoms with Gasteiger partial charge in [0.15, 0.2) is 0 Å². The molecule has 4 rings (SSSR count). The smallest absolute Gasteiger partial charge is 0.0488 e. The van der Waals surface area contributed by atoms with Crippen LogP contribution in [0.4, 0.5) is 0 Å². The van der Waals surface area contributed by atoms with Crippen LogP contribution in [0.3, 0.4) is 0 Å². The fourth-order valence-electron chi connectivity index (χ4n) is 4.22. The molecule has 1 nitrogen and oxygen atoms in total. The zero-order valence-electron chi connectivity index (χ0n) is 10.6. The van der Waals surface area contributed by atoms with Gasteiger partial charge in [0.2, 0.25) is 0 Å². The normalized spacial score (nSPS) is 40.6. The fraction of sp³-hybridized carbons (Fsp3) is 0.625. The Morgan fingerprint density at radius 3 is 2.72 bits per heavy atom. The third kappa shape index (κ3) is 1.81. The molecular formula is C16H20OS. The van der Waals surface area contributed by atoms with Crippen LogP contribution in [0.1, 0.15) is 31.2 Å². The van der Waals surface area contributed by atoms with Crippen molar-refractivity contribution in [3.63, 3.8) is 0 Å². The van der Waals surface area contributed by atoms with E-state index in [4.69, 9.17) is 0 Å². The van der Waals surface area contributed by atoms with E-state index in [2.05, 4.69) is 24.3 Å². The van der Waals surface area contributed by atoms with Gasteiger partial charge < -0.3 is 5.11 Å². The third-order valence-electron chi connectivity index (χ3n) is 5.17. The van der Waals surface area contributed by atoms with Crippen LogP contribution in [0.2, 0.25) is 0 Å². The molecule has 96 valence electrons. The predicted octanol–water partition coefficient (Wildman–Crippen LogP) is 3.50. The molecule has 0 radical (unpaired) electrons. The Hall–Kier alpha value is -0.470. The minimum absolute atomic E-state index is 0.271. The minimum Gasteiger partial charge on any atom is -0.396 e. The number of aliphatic hydroxyl groups is 1. The number of benzene rings is 1. The van der Waals surface area contributed by atoms with Crippen molar-refractivity contribution in [1.29, 1.82) is 0 Å². The van der Waals surface area contributed by atoms with E-state index in [0.717, 1.165) is 11.8 Å². The molecule has 1 N–H and O–H groups in total. The van der Waals surface area contributed by atoms with E-state index < -0.39 is 0 Å². The molecule has 2 fully saturated rings. The number of hydrogen-bond acceptors (Lipinski definition) is 2. The summed E-state index contributed by atoms with van der Waals surface area (Å²) in [6.07, 6.45) is 6.46. The van der Waals surface area contributed by atoms with Gasteiger partial charge in [-0.15, -0.1) is 11.8 Å². The molecule has 0 bridgehead atoms. The third-order valence-corrected chi connectivity index (χ3v) is 6.49. The van der Waals surface area contributed by atoms with Crippen molar-refractivity contribution >= 4 is 11.8 Å². The second-order valence-electron chi connectivity index (χ2n) is 6.58. The molecule has 1 aliphatic heterocycles. The molecule has 18 heavy (non-hydrogen) atoms. The topological polar surface area (TPSA) is 20.2 Å². The van der Waals surface area contributed by atoms with Crippen LogP contribution in [0, 0.1) is 17.3 Å². The van der Waals surface area contributed by atoms with Gasteiger partial charge in [0.25, 0.3) is 0 Å². The van der Waals surface area contributed by atoms with Gasteiger partial charge in [-0.05, 0) is 61.0 Å². The molecular weight excluding hydrogens is 240 g/mol. The summed E-state index contributed by atoms with van der Waals surface area (Å²) >= 11 is 2.04. The molecule has 2 saturated carbocycles. The van der Waals surface area contributed by atoms with E-state index in [9.17, 15) is 5.11 Å². The standard InChI is InChI=1S/C16H20OS/c17-10-16(7-12-5-13(12)8-16)9-14-6-11-3-1-2-4-15(11)18-14/h1-4,12-14,17H,5-10H2. The van der Waals surface area contributed by atoms with E-state index in [1.165, 1.54) is 42.6 Å². The Labute approximate surface area is 113 Å². The Morgan fingerprint density at radius 1 is 1.22 bits per heavy atom. The summed E-state index contributed by atoms with van der Waals surface area (Å²) in [5.41, 5.74) is 1.79. The highest BCUT2D eigenvalue weighted by atomic mass is 32.2. The molecule has 0 aromatic heterocycles. The molecule has 0 saturated heterocycles. The summed E-state index contributed by atoms with van der Waals surface area (Å²) in [4.78, 5) is 1.47. The van der Waals surface area contributed by atoms with E-state index in [1.807, 2.05) is 11.8 Å². The first kappa shape index (κ1) is 11.4. The van der Waals surface area contributed by atoms with Crippen molar-refractivity contribution in [3.8, 4) is 0 Å². The predicted molar refractivity (Wildman–Crippen MR) is 74.8 cm³/mol. The van der Waals surface area contributed by atoms with Crippen LogP contribution >= 0.6 is 11.8 Å². The van der Waals surface area contributed by atoms with Crippen molar-refractivity contribution < 1.29 is 5.11 Å². The number of hydrogen-bond donors (Lipinski definition) is 1. The number of fused-ring (bicyclic) bond motifs is 2. The van der Waals surface area contributed by atoms with Crippen molar-refractivity contribution in [2.75, 3.05) is 6.61 Å².